The van der Waals surface area contributed by atoms with Gasteiger partial charge in [0, 0.05) is 35.6 Å². The minimum Gasteiger partial charge on any atom is -0.343 e. The Morgan fingerprint density at radius 2 is 1.91 bits per heavy atom. The van der Waals surface area contributed by atoms with Crippen molar-refractivity contribution >= 4 is 23.2 Å². The summed E-state index contributed by atoms with van der Waals surface area (Å²) in [6, 6.07) is 16.3. The molecule has 0 aliphatic carbocycles. The molecule has 1 saturated heterocycles. The maximum absolute atomic E-state index is 13.1. The van der Waals surface area contributed by atoms with Gasteiger partial charge in [0.15, 0.2) is 0 Å². The standard InChI is InChI=1S/C25H24N4O2S/c1-17-4-2-12-27-22(17)23(21-5-3-15-32-21)28-24(30)19-10-13-29(14-11-19)25(31)20-8-6-18(16-26)7-9-20/h2-9,12,15,19,23H,10-11,13-14H2,1H3,(H,28,30). The largest absolute Gasteiger partial charge is 0.343 e. The average molecular weight is 445 g/mol. The van der Waals surface area contributed by atoms with Gasteiger partial charge in [-0.1, -0.05) is 12.1 Å². The monoisotopic (exact) mass is 444 g/mol. The van der Waals surface area contributed by atoms with Crippen molar-refractivity contribution in [3.63, 3.8) is 0 Å². The number of aryl methyl sites for hydroxylation is 1. The lowest BCUT2D eigenvalue weighted by Gasteiger charge is -2.32. The average Bonchev–Trinajstić information content (AvgIpc) is 3.37. The van der Waals surface area contributed by atoms with Crippen molar-refractivity contribution in [2.45, 2.75) is 25.8 Å². The predicted octanol–water partition coefficient (Wildman–Crippen LogP) is 4.08. The van der Waals surface area contributed by atoms with Crippen LogP contribution in [0.25, 0.3) is 0 Å². The van der Waals surface area contributed by atoms with Crippen molar-refractivity contribution in [1.29, 1.82) is 5.26 Å². The van der Waals surface area contributed by atoms with E-state index in [0.717, 1.165) is 16.1 Å². The van der Waals surface area contributed by atoms with Crippen molar-refractivity contribution in [3.05, 3.63) is 87.4 Å². The SMILES string of the molecule is Cc1cccnc1C(NC(=O)C1CCN(C(=O)c2ccc(C#N)cc2)CC1)c1cccs1. The molecule has 1 N–H and O–H groups in total. The number of nitrogens with zero attached hydrogens (tertiary/aromatic N) is 3. The second-order valence-corrected chi connectivity index (χ2v) is 8.90. The molecule has 0 spiro atoms. The van der Waals surface area contributed by atoms with Crippen LogP contribution < -0.4 is 5.32 Å². The Morgan fingerprint density at radius 3 is 2.53 bits per heavy atom. The van der Waals surface area contributed by atoms with Crippen molar-refractivity contribution in [1.82, 2.24) is 15.2 Å². The number of nitriles is 1. The summed E-state index contributed by atoms with van der Waals surface area (Å²) in [5.74, 6) is -0.209. The molecule has 1 aliphatic rings. The summed E-state index contributed by atoms with van der Waals surface area (Å²) < 4.78 is 0. The second-order valence-electron chi connectivity index (χ2n) is 7.92. The molecule has 1 aliphatic heterocycles. The number of thiophene rings is 1. The van der Waals surface area contributed by atoms with Crippen molar-refractivity contribution in [2.75, 3.05) is 13.1 Å². The van der Waals surface area contributed by atoms with Crippen LogP contribution in [0.5, 0.6) is 0 Å². The van der Waals surface area contributed by atoms with Crippen molar-refractivity contribution < 1.29 is 9.59 Å². The molecule has 0 saturated carbocycles. The molecule has 4 rings (SSSR count). The molecule has 1 unspecified atom stereocenters. The quantitative estimate of drug-likeness (QED) is 0.642. The van der Waals surface area contributed by atoms with Crippen LogP contribution in [-0.4, -0.2) is 34.8 Å². The highest BCUT2D eigenvalue weighted by atomic mass is 32.1. The summed E-state index contributed by atoms with van der Waals surface area (Å²) in [5.41, 5.74) is 2.99. The van der Waals surface area contributed by atoms with Gasteiger partial charge in [-0.15, -0.1) is 11.3 Å². The third-order valence-corrected chi connectivity index (χ3v) is 6.79. The molecule has 0 bridgehead atoms. The highest BCUT2D eigenvalue weighted by Gasteiger charge is 2.30. The molecule has 2 aromatic heterocycles. The number of hydrogen-bond acceptors (Lipinski definition) is 5. The zero-order valence-corrected chi connectivity index (χ0v) is 18.6. The molecule has 0 radical (unpaired) electrons. The summed E-state index contributed by atoms with van der Waals surface area (Å²) >= 11 is 1.60. The normalized spacial score (nSPS) is 15.1. The number of aromatic nitrogens is 1. The van der Waals surface area contributed by atoms with Crippen LogP contribution in [0, 0.1) is 24.2 Å². The molecule has 3 aromatic rings. The molecule has 1 atom stereocenters. The smallest absolute Gasteiger partial charge is 0.253 e. The maximum Gasteiger partial charge on any atom is 0.253 e. The third-order valence-electron chi connectivity index (χ3n) is 5.85. The maximum atomic E-state index is 13.1. The van der Waals surface area contributed by atoms with Crippen molar-refractivity contribution in [2.24, 2.45) is 5.92 Å². The Morgan fingerprint density at radius 1 is 1.16 bits per heavy atom. The van der Waals surface area contributed by atoms with Crippen LogP contribution in [0.4, 0.5) is 0 Å². The van der Waals surface area contributed by atoms with E-state index in [1.165, 1.54) is 0 Å². The van der Waals surface area contributed by atoms with E-state index in [-0.39, 0.29) is 23.8 Å². The summed E-state index contributed by atoms with van der Waals surface area (Å²) in [5, 5.41) is 14.1. The number of pyridine rings is 1. The molecule has 162 valence electrons. The Bertz CT molecular complexity index is 1130. The number of likely N-dealkylation sites (tertiary alicyclic amines) is 1. The minimum atomic E-state index is -0.276. The topological polar surface area (TPSA) is 86.1 Å². The van der Waals surface area contributed by atoms with Gasteiger partial charge in [-0.05, 0) is 67.1 Å². The van der Waals surface area contributed by atoms with Gasteiger partial charge in [-0.25, -0.2) is 0 Å². The van der Waals surface area contributed by atoms with E-state index in [0.29, 0.717) is 37.1 Å². The molecule has 3 heterocycles. The number of hydrogen-bond donors (Lipinski definition) is 1. The Labute approximate surface area is 191 Å². The third kappa shape index (κ3) is 4.71. The molecule has 2 amide bonds. The fourth-order valence-electron chi connectivity index (χ4n) is 4.00. The van der Waals surface area contributed by atoms with Gasteiger partial charge in [-0.2, -0.15) is 5.26 Å². The van der Waals surface area contributed by atoms with Crippen LogP contribution in [0.1, 0.15) is 50.9 Å². The number of piperidine rings is 1. The lowest BCUT2D eigenvalue weighted by molar-refractivity contribution is -0.126. The first kappa shape index (κ1) is 21.7. The van der Waals surface area contributed by atoms with Gasteiger partial charge in [0.1, 0.15) is 6.04 Å². The zero-order valence-electron chi connectivity index (χ0n) is 17.8. The number of carbonyl (C=O) groups is 2. The van der Waals surface area contributed by atoms with E-state index < -0.39 is 0 Å². The minimum absolute atomic E-state index is 0.000995. The van der Waals surface area contributed by atoms with Crippen LogP contribution >= 0.6 is 11.3 Å². The first-order chi connectivity index (χ1) is 15.6. The fraction of sp³-hybridized carbons (Fsp3) is 0.280. The van der Waals surface area contributed by atoms with Crippen LogP contribution in [-0.2, 0) is 4.79 Å². The number of amides is 2. The van der Waals surface area contributed by atoms with Crippen LogP contribution in [0.3, 0.4) is 0 Å². The molecular weight excluding hydrogens is 420 g/mol. The molecule has 32 heavy (non-hydrogen) atoms. The van der Waals surface area contributed by atoms with E-state index in [4.69, 9.17) is 5.26 Å². The first-order valence-corrected chi connectivity index (χ1v) is 11.5. The van der Waals surface area contributed by atoms with Gasteiger partial charge in [0.25, 0.3) is 5.91 Å². The number of benzene rings is 1. The highest BCUT2D eigenvalue weighted by Crippen LogP contribution is 2.28. The van der Waals surface area contributed by atoms with Gasteiger partial charge in [0.05, 0.1) is 17.3 Å². The van der Waals surface area contributed by atoms with Crippen LogP contribution in [0.15, 0.2) is 60.1 Å². The summed E-state index contributed by atoms with van der Waals surface area (Å²) in [7, 11) is 0. The van der Waals surface area contributed by atoms with Crippen LogP contribution in [0.2, 0.25) is 0 Å². The Balaban J connectivity index is 1.40. The van der Waals surface area contributed by atoms with Gasteiger partial charge >= 0.3 is 0 Å². The number of carbonyl (C=O) groups excluding carboxylic acids is 2. The molecular formula is C25H24N4O2S. The van der Waals surface area contributed by atoms with E-state index in [1.807, 2.05) is 36.6 Å². The van der Waals surface area contributed by atoms with E-state index in [2.05, 4.69) is 16.4 Å². The highest BCUT2D eigenvalue weighted by molar-refractivity contribution is 7.10. The Kier molecular flexibility index (Phi) is 6.62. The van der Waals surface area contributed by atoms with E-state index >= 15 is 0 Å². The number of nitrogens with one attached hydrogen (secondary N) is 1. The summed E-state index contributed by atoms with van der Waals surface area (Å²) in [6.07, 6.45) is 2.99. The molecule has 6 nitrogen and oxygen atoms in total. The number of rotatable bonds is 5. The lowest BCUT2D eigenvalue weighted by Crippen LogP contribution is -2.44. The van der Waals surface area contributed by atoms with Gasteiger partial charge in [0.2, 0.25) is 5.91 Å². The van der Waals surface area contributed by atoms with Crippen molar-refractivity contribution in [3.8, 4) is 6.07 Å². The second kappa shape index (κ2) is 9.75. The summed E-state index contributed by atoms with van der Waals surface area (Å²) in [6.45, 7) is 3.06. The lowest BCUT2D eigenvalue weighted by atomic mass is 9.94. The molecule has 1 fully saturated rings. The predicted molar refractivity (Wildman–Crippen MR) is 123 cm³/mol. The zero-order chi connectivity index (χ0) is 22.5. The fourth-order valence-corrected chi connectivity index (χ4v) is 4.78. The van der Waals surface area contributed by atoms with E-state index in [9.17, 15) is 9.59 Å². The molecule has 7 heteroatoms. The van der Waals surface area contributed by atoms with Gasteiger partial charge in [-0.3, -0.25) is 14.6 Å². The summed E-state index contributed by atoms with van der Waals surface area (Å²) in [4.78, 5) is 33.3. The first-order valence-electron chi connectivity index (χ1n) is 10.6. The Hall–Kier alpha value is -3.50. The van der Waals surface area contributed by atoms with Gasteiger partial charge < -0.3 is 10.2 Å². The molecule has 1 aromatic carbocycles. The van der Waals surface area contributed by atoms with E-state index in [1.54, 1.807) is 46.7 Å².